The molecule has 0 atom stereocenters. The highest BCUT2D eigenvalue weighted by Gasteiger charge is 2.14. The van der Waals surface area contributed by atoms with Crippen LogP contribution in [0.1, 0.15) is 17.4 Å². The monoisotopic (exact) mass is 280 g/mol. The third-order valence-electron chi connectivity index (χ3n) is 2.65. The first kappa shape index (κ1) is 11.2. The van der Waals surface area contributed by atoms with E-state index in [1.165, 1.54) is 0 Å². The maximum Gasteiger partial charge on any atom is 0.267 e. The molecule has 0 spiro atoms. The van der Waals surface area contributed by atoms with E-state index in [2.05, 4.69) is 21.2 Å². The van der Waals surface area contributed by atoms with Crippen molar-refractivity contribution in [3.63, 3.8) is 0 Å². The van der Waals surface area contributed by atoms with E-state index < -0.39 is 0 Å². The Bertz CT molecular complexity index is 545. The average Bonchev–Trinajstić information content (AvgIpc) is 2.68. The molecule has 3 nitrogen and oxygen atoms in total. The molecule has 1 aromatic carbocycles. The number of amides is 1. The first-order chi connectivity index (χ1) is 7.69. The maximum absolute atomic E-state index is 11.7. The van der Waals surface area contributed by atoms with E-state index in [1.54, 1.807) is 7.05 Å². The molecule has 4 heteroatoms. The number of hydrogen-bond donors (Lipinski definition) is 1. The van der Waals surface area contributed by atoms with Crippen LogP contribution in [-0.4, -0.2) is 17.5 Å². The zero-order chi connectivity index (χ0) is 11.7. The summed E-state index contributed by atoms with van der Waals surface area (Å²) in [5.74, 6) is -0.0510. The lowest BCUT2D eigenvalue weighted by molar-refractivity contribution is 0.0954. The number of para-hydroxylation sites is 1. The molecule has 2 aromatic rings. The van der Waals surface area contributed by atoms with Crippen molar-refractivity contribution in [2.75, 3.05) is 7.05 Å². The standard InChI is InChI=1S/C12H13BrN2O/c1-3-15-10(12(16)14-2)7-8-5-4-6-9(13)11(8)15/h4-7H,3H2,1-2H3,(H,14,16). The zero-order valence-corrected chi connectivity index (χ0v) is 10.8. The van der Waals surface area contributed by atoms with Crippen LogP contribution < -0.4 is 5.32 Å². The van der Waals surface area contributed by atoms with Gasteiger partial charge < -0.3 is 9.88 Å². The number of carbonyl (C=O) groups excluding carboxylic acids is 1. The van der Waals surface area contributed by atoms with Crippen molar-refractivity contribution in [2.24, 2.45) is 0 Å². The summed E-state index contributed by atoms with van der Waals surface area (Å²) >= 11 is 3.52. The topological polar surface area (TPSA) is 34.0 Å². The molecule has 0 saturated carbocycles. The molecule has 1 heterocycles. The van der Waals surface area contributed by atoms with Crippen LogP contribution in [0.4, 0.5) is 0 Å². The summed E-state index contributed by atoms with van der Waals surface area (Å²) < 4.78 is 3.03. The second-order valence-corrected chi connectivity index (χ2v) is 4.38. The molecule has 0 fully saturated rings. The van der Waals surface area contributed by atoms with Gasteiger partial charge in [-0.05, 0) is 35.0 Å². The number of halogens is 1. The van der Waals surface area contributed by atoms with Crippen molar-refractivity contribution in [3.8, 4) is 0 Å². The summed E-state index contributed by atoms with van der Waals surface area (Å²) in [7, 11) is 1.65. The minimum absolute atomic E-state index is 0.0510. The summed E-state index contributed by atoms with van der Waals surface area (Å²) in [6.45, 7) is 2.81. The molecule has 16 heavy (non-hydrogen) atoms. The van der Waals surface area contributed by atoms with E-state index in [-0.39, 0.29) is 5.91 Å². The first-order valence-electron chi connectivity index (χ1n) is 5.19. The lowest BCUT2D eigenvalue weighted by Crippen LogP contribution is -2.21. The predicted molar refractivity (Wildman–Crippen MR) is 68.7 cm³/mol. The van der Waals surface area contributed by atoms with Gasteiger partial charge in [-0.2, -0.15) is 0 Å². The number of hydrogen-bond acceptors (Lipinski definition) is 1. The van der Waals surface area contributed by atoms with Gasteiger partial charge in [0.2, 0.25) is 0 Å². The Morgan fingerprint density at radius 3 is 2.88 bits per heavy atom. The summed E-state index contributed by atoms with van der Waals surface area (Å²) in [5.41, 5.74) is 1.77. The van der Waals surface area contributed by atoms with Gasteiger partial charge in [0.1, 0.15) is 5.69 Å². The van der Waals surface area contributed by atoms with Crippen molar-refractivity contribution >= 4 is 32.7 Å². The van der Waals surface area contributed by atoms with Crippen LogP contribution in [0.2, 0.25) is 0 Å². The molecule has 1 aromatic heterocycles. The third-order valence-corrected chi connectivity index (χ3v) is 3.29. The number of carbonyl (C=O) groups is 1. The van der Waals surface area contributed by atoms with E-state index in [9.17, 15) is 4.79 Å². The van der Waals surface area contributed by atoms with Crippen LogP contribution in [0, 0.1) is 0 Å². The van der Waals surface area contributed by atoms with Crippen LogP contribution in [0.25, 0.3) is 10.9 Å². The summed E-state index contributed by atoms with van der Waals surface area (Å²) in [6, 6.07) is 7.89. The Morgan fingerprint density at radius 1 is 1.50 bits per heavy atom. The molecule has 0 aliphatic rings. The molecular weight excluding hydrogens is 268 g/mol. The minimum atomic E-state index is -0.0510. The molecular formula is C12H13BrN2O. The van der Waals surface area contributed by atoms with Crippen LogP contribution in [0.5, 0.6) is 0 Å². The minimum Gasteiger partial charge on any atom is -0.354 e. The zero-order valence-electron chi connectivity index (χ0n) is 9.25. The number of benzene rings is 1. The molecule has 2 rings (SSSR count). The second kappa shape index (κ2) is 4.29. The molecule has 1 N–H and O–H groups in total. The Kier molecular flexibility index (Phi) is 3.01. The predicted octanol–water partition coefficient (Wildman–Crippen LogP) is 2.78. The molecule has 0 bridgehead atoms. The van der Waals surface area contributed by atoms with E-state index >= 15 is 0 Å². The lowest BCUT2D eigenvalue weighted by atomic mass is 10.2. The Hall–Kier alpha value is -1.29. The van der Waals surface area contributed by atoms with E-state index in [0.29, 0.717) is 5.69 Å². The molecule has 84 valence electrons. The lowest BCUT2D eigenvalue weighted by Gasteiger charge is -2.07. The van der Waals surface area contributed by atoms with Gasteiger partial charge in [0.05, 0.1) is 5.52 Å². The SMILES string of the molecule is CCn1c(C(=O)NC)cc2cccc(Br)c21. The number of nitrogens with zero attached hydrogens (tertiary/aromatic N) is 1. The van der Waals surface area contributed by atoms with Crippen LogP contribution in [0.3, 0.4) is 0 Å². The van der Waals surface area contributed by atoms with Crippen molar-refractivity contribution < 1.29 is 4.79 Å². The molecule has 0 radical (unpaired) electrons. The Morgan fingerprint density at radius 2 is 2.25 bits per heavy atom. The van der Waals surface area contributed by atoms with Gasteiger partial charge in [0, 0.05) is 23.5 Å². The quantitative estimate of drug-likeness (QED) is 0.902. The van der Waals surface area contributed by atoms with Crippen molar-refractivity contribution in [1.82, 2.24) is 9.88 Å². The van der Waals surface area contributed by atoms with Crippen molar-refractivity contribution in [1.29, 1.82) is 0 Å². The van der Waals surface area contributed by atoms with E-state index in [0.717, 1.165) is 21.9 Å². The van der Waals surface area contributed by atoms with Crippen molar-refractivity contribution in [2.45, 2.75) is 13.5 Å². The average molecular weight is 281 g/mol. The number of rotatable bonds is 2. The molecule has 0 unspecified atom stereocenters. The Balaban J connectivity index is 2.77. The number of aryl methyl sites for hydroxylation is 1. The third kappa shape index (κ3) is 1.63. The number of nitrogens with one attached hydrogen (secondary N) is 1. The van der Waals surface area contributed by atoms with Gasteiger partial charge >= 0.3 is 0 Å². The largest absolute Gasteiger partial charge is 0.354 e. The summed E-state index contributed by atoms with van der Waals surface area (Å²) in [4.78, 5) is 11.7. The maximum atomic E-state index is 11.7. The first-order valence-corrected chi connectivity index (χ1v) is 5.98. The van der Waals surface area contributed by atoms with Gasteiger partial charge in [-0.15, -0.1) is 0 Å². The van der Waals surface area contributed by atoms with Gasteiger partial charge in [0.15, 0.2) is 0 Å². The van der Waals surface area contributed by atoms with Crippen molar-refractivity contribution in [3.05, 3.63) is 34.4 Å². The smallest absolute Gasteiger partial charge is 0.267 e. The fraction of sp³-hybridized carbons (Fsp3) is 0.250. The second-order valence-electron chi connectivity index (χ2n) is 3.53. The molecule has 0 aliphatic heterocycles. The van der Waals surface area contributed by atoms with Crippen LogP contribution >= 0.6 is 15.9 Å². The molecule has 1 amide bonds. The molecule has 0 saturated heterocycles. The van der Waals surface area contributed by atoms with Crippen LogP contribution in [-0.2, 0) is 6.54 Å². The highest BCUT2D eigenvalue weighted by atomic mass is 79.9. The number of fused-ring (bicyclic) bond motifs is 1. The normalized spacial score (nSPS) is 10.7. The highest BCUT2D eigenvalue weighted by molar-refractivity contribution is 9.10. The summed E-state index contributed by atoms with van der Waals surface area (Å²) in [6.07, 6.45) is 0. The van der Waals surface area contributed by atoms with E-state index in [4.69, 9.17) is 0 Å². The fourth-order valence-corrected chi connectivity index (χ4v) is 2.52. The summed E-state index contributed by atoms with van der Waals surface area (Å²) in [5, 5.41) is 3.74. The number of aromatic nitrogens is 1. The van der Waals surface area contributed by atoms with E-state index in [1.807, 2.05) is 35.8 Å². The van der Waals surface area contributed by atoms with Gasteiger partial charge in [-0.25, -0.2) is 0 Å². The van der Waals surface area contributed by atoms with Gasteiger partial charge in [0.25, 0.3) is 5.91 Å². The van der Waals surface area contributed by atoms with Crippen LogP contribution in [0.15, 0.2) is 28.7 Å². The highest BCUT2D eigenvalue weighted by Crippen LogP contribution is 2.27. The van der Waals surface area contributed by atoms with Gasteiger partial charge in [-0.1, -0.05) is 12.1 Å². The van der Waals surface area contributed by atoms with Gasteiger partial charge in [-0.3, -0.25) is 4.79 Å². The molecule has 0 aliphatic carbocycles. The fourth-order valence-electron chi connectivity index (χ4n) is 1.92. The Labute approximate surface area is 103 Å².